The van der Waals surface area contributed by atoms with Crippen LogP contribution in [0.5, 0.6) is 0 Å². The van der Waals surface area contributed by atoms with Crippen LogP contribution in [0.25, 0.3) is 0 Å². The van der Waals surface area contributed by atoms with Gasteiger partial charge in [0.05, 0.1) is 0 Å². The topological polar surface area (TPSA) is 91.7 Å². The Labute approximate surface area is 91.8 Å². The summed E-state index contributed by atoms with van der Waals surface area (Å²) < 4.78 is 0. The van der Waals surface area contributed by atoms with Crippen molar-refractivity contribution in [2.24, 2.45) is 17.3 Å². The quantitative estimate of drug-likeness (QED) is 0.532. The fourth-order valence-corrected chi connectivity index (χ4v) is 2.99. The molecule has 0 aromatic rings. The van der Waals surface area contributed by atoms with Gasteiger partial charge < -0.3 is 10.2 Å². The molecule has 5 heteroatoms. The molecule has 0 aliphatic heterocycles. The van der Waals surface area contributed by atoms with E-state index in [4.69, 9.17) is 10.2 Å². The van der Waals surface area contributed by atoms with Gasteiger partial charge in [-0.05, 0) is 13.3 Å². The monoisotopic (exact) mass is 224 g/mol. The van der Waals surface area contributed by atoms with E-state index in [1.54, 1.807) is 6.92 Å². The van der Waals surface area contributed by atoms with Gasteiger partial charge in [0.15, 0.2) is 5.41 Å². The molecule has 2 rings (SSSR count). The number of ketones is 1. The van der Waals surface area contributed by atoms with Crippen LogP contribution < -0.4 is 0 Å². The fraction of sp³-hybridized carbons (Fsp3) is 0.545. The molecule has 1 saturated carbocycles. The third kappa shape index (κ3) is 1.08. The Morgan fingerprint density at radius 2 is 1.94 bits per heavy atom. The molecule has 2 N–H and O–H groups in total. The zero-order valence-corrected chi connectivity index (χ0v) is 8.77. The molecule has 2 atom stereocenters. The number of fused-ring (bicyclic) bond motifs is 1. The molecule has 86 valence electrons. The summed E-state index contributed by atoms with van der Waals surface area (Å²) in [5.41, 5.74) is -1.32. The minimum Gasteiger partial charge on any atom is -0.480 e. The van der Waals surface area contributed by atoms with Crippen molar-refractivity contribution in [1.82, 2.24) is 0 Å². The van der Waals surface area contributed by atoms with Gasteiger partial charge in [-0.3, -0.25) is 14.4 Å². The third-order valence-corrected chi connectivity index (χ3v) is 3.69. The maximum absolute atomic E-state index is 11.6. The van der Waals surface area contributed by atoms with Crippen LogP contribution in [0.2, 0.25) is 0 Å². The molecule has 0 aromatic heterocycles. The third-order valence-electron chi connectivity index (χ3n) is 3.69. The molecule has 0 aromatic carbocycles. The van der Waals surface area contributed by atoms with E-state index in [1.807, 2.05) is 0 Å². The van der Waals surface area contributed by atoms with Crippen LogP contribution in [0.15, 0.2) is 11.6 Å². The maximum Gasteiger partial charge on any atom is 0.325 e. The molecule has 0 heterocycles. The highest BCUT2D eigenvalue weighted by Gasteiger charge is 2.61. The first-order chi connectivity index (χ1) is 7.41. The van der Waals surface area contributed by atoms with Crippen molar-refractivity contribution in [3.05, 3.63) is 11.6 Å². The maximum atomic E-state index is 11.6. The summed E-state index contributed by atoms with van der Waals surface area (Å²) in [7, 11) is 0. The summed E-state index contributed by atoms with van der Waals surface area (Å²) in [5.74, 6) is -3.91. The van der Waals surface area contributed by atoms with Crippen molar-refractivity contribution >= 4 is 17.7 Å². The van der Waals surface area contributed by atoms with Gasteiger partial charge in [0, 0.05) is 18.3 Å². The lowest BCUT2D eigenvalue weighted by atomic mass is 9.75. The smallest absolute Gasteiger partial charge is 0.325 e. The second-order valence-electron chi connectivity index (χ2n) is 4.46. The largest absolute Gasteiger partial charge is 0.480 e. The lowest BCUT2D eigenvalue weighted by molar-refractivity contribution is -0.164. The van der Waals surface area contributed by atoms with Crippen LogP contribution in [0.4, 0.5) is 0 Å². The van der Waals surface area contributed by atoms with E-state index < -0.39 is 29.2 Å². The van der Waals surface area contributed by atoms with E-state index in [0.717, 1.165) is 0 Å². The molecular formula is C11H12O5. The zero-order chi connectivity index (χ0) is 12.1. The van der Waals surface area contributed by atoms with Gasteiger partial charge in [-0.25, -0.2) is 0 Å². The summed E-state index contributed by atoms with van der Waals surface area (Å²) in [5, 5.41) is 18.3. The number of rotatable bonds is 2. The molecule has 0 saturated heterocycles. The van der Waals surface area contributed by atoms with Crippen molar-refractivity contribution in [2.45, 2.75) is 19.8 Å². The van der Waals surface area contributed by atoms with Crippen molar-refractivity contribution in [3.63, 3.8) is 0 Å². The SMILES string of the molecule is CC1=CC(C(=O)O)(C(=O)O)C2CCC(=O)C12. The molecular weight excluding hydrogens is 212 g/mol. The number of allylic oxidation sites excluding steroid dienone is 1. The molecule has 16 heavy (non-hydrogen) atoms. The van der Waals surface area contributed by atoms with Gasteiger partial charge in [-0.1, -0.05) is 11.6 Å². The first-order valence-corrected chi connectivity index (χ1v) is 5.10. The van der Waals surface area contributed by atoms with Gasteiger partial charge in [0.2, 0.25) is 0 Å². The Bertz CT molecular complexity index is 406. The van der Waals surface area contributed by atoms with Crippen LogP contribution in [-0.2, 0) is 14.4 Å². The molecule has 5 nitrogen and oxygen atoms in total. The first-order valence-electron chi connectivity index (χ1n) is 5.10. The van der Waals surface area contributed by atoms with E-state index in [9.17, 15) is 14.4 Å². The highest BCUT2D eigenvalue weighted by molar-refractivity contribution is 6.04. The Kier molecular flexibility index (Phi) is 2.15. The predicted octanol–water partition coefficient (Wildman–Crippen LogP) is 0.697. The van der Waals surface area contributed by atoms with Gasteiger partial charge in [-0.15, -0.1) is 0 Å². The Balaban J connectivity index is 2.55. The average Bonchev–Trinajstić information content (AvgIpc) is 2.68. The number of carboxylic acids is 2. The number of Topliss-reactive ketones (excluding diaryl/α,β-unsaturated/α-hetero) is 1. The van der Waals surface area contributed by atoms with Crippen LogP contribution in [-0.4, -0.2) is 27.9 Å². The number of carbonyl (C=O) groups excluding carboxylic acids is 1. The fourth-order valence-electron chi connectivity index (χ4n) is 2.99. The average molecular weight is 224 g/mol. The summed E-state index contributed by atoms with van der Waals surface area (Å²) in [4.78, 5) is 34.0. The standard InChI is InChI=1S/C11H12O5/c1-5-4-11(9(13)14,10(15)16)6-2-3-7(12)8(5)6/h4,6,8H,2-3H2,1H3,(H,13,14)(H,15,16). The van der Waals surface area contributed by atoms with Gasteiger partial charge in [0.25, 0.3) is 0 Å². The molecule has 0 amide bonds. The normalized spacial score (nSPS) is 31.1. The molecule has 0 radical (unpaired) electrons. The van der Waals surface area contributed by atoms with Crippen LogP contribution in [0.1, 0.15) is 19.8 Å². The molecule has 0 bridgehead atoms. The molecule has 2 aliphatic rings. The second kappa shape index (κ2) is 3.17. The Hall–Kier alpha value is -1.65. The van der Waals surface area contributed by atoms with Crippen molar-refractivity contribution in [1.29, 1.82) is 0 Å². The van der Waals surface area contributed by atoms with Crippen molar-refractivity contribution in [2.75, 3.05) is 0 Å². The Morgan fingerprint density at radius 3 is 2.44 bits per heavy atom. The zero-order valence-electron chi connectivity index (χ0n) is 8.77. The van der Waals surface area contributed by atoms with Crippen LogP contribution in [0.3, 0.4) is 0 Å². The summed E-state index contributed by atoms with van der Waals surface area (Å²) in [6.45, 7) is 1.63. The minimum absolute atomic E-state index is 0.0388. The lowest BCUT2D eigenvalue weighted by Gasteiger charge is -2.24. The molecule has 2 aliphatic carbocycles. The molecule has 1 fully saturated rings. The predicted molar refractivity (Wildman–Crippen MR) is 52.7 cm³/mol. The number of hydrogen-bond acceptors (Lipinski definition) is 3. The molecule has 2 unspecified atom stereocenters. The minimum atomic E-state index is -1.90. The number of carbonyl (C=O) groups is 3. The highest BCUT2D eigenvalue weighted by atomic mass is 16.4. The second-order valence-corrected chi connectivity index (χ2v) is 4.46. The number of hydrogen-bond donors (Lipinski definition) is 2. The molecule has 0 spiro atoms. The van der Waals surface area contributed by atoms with Crippen LogP contribution >= 0.6 is 0 Å². The van der Waals surface area contributed by atoms with E-state index in [-0.39, 0.29) is 12.2 Å². The van der Waals surface area contributed by atoms with E-state index >= 15 is 0 Å². The van der Waals surface area contributed by atoms with Crippen molar-refractivity contribution < 1.29 is 24.6 Å². The van der Waals surface area contributed by atoms with Gasteiger partial charge >= 0.3 is 11.9 Å². The van der Waals surface area contributed by atoms with E-state index in [2.05, 4.69) is 0 Å². The van der Waals surface area contributed by atoms with E-state index in [1.165, 1.54) is 6.08 Å². The Morgan fingerprint density at radius 1 is 1.38 bits per heavy atom. The van der Waals surface area contributed by atoms with Gasteiger partial charge in [0.1, 0.15) is 5.78 Å². The van der Waals surface area contributed by atoms with Gasteiger partial charge in [-0.2, -0.15) is 0 Å². The summed E-state index contributed by atoms with van der Waals surface area (Å²) >= 11 is 0. The van der Waals surface area contributed by atoms with E-state index in [0.29, 0.717) is 12.0 Å². The summed E-state index contributed by atoms with van der Waals surface area (Å²) in [6, 6.07) is 0. The number of carboxylic acid groups (broad SMARTS) is 2. The summed E-state index contributed by atoms with van der Waals surface area (Å²) in [6.07, 6.45) is 1.86. The lowest BCUT2D eigenvalue weighted by Crippen LogP contribution is -2.42. The number of aliphatic carboxylic acids is 2. The van der Waals surface area contributed by atoms with Crippen molar-refractivity contribution in [3.8, 4) is 0 Å². The highest BCUT2D eigenvalue weighted by Crippen LogP contribution is 2.52. The first kappa shape index (κ1) is 10.9. The van der Waals surface area contributed by atoms with Crippen LogP contribution in [0, 0.1) is 17.3 Å².